The molecule has 0 heterocycles. The van der Waals surface area contributed by atoms with E-state index in [4.69, 9.17) is 14.6 Å². The smallest absolute Gasteiger partial charge is 0.328 e. The number of alkyl halides is 1. The highest BCUT2D eigenvalue weighted by Crippen LogP contribution is 2.29. The minimum atomic E-state index is -1.03. The highest BCUT2D eigenvalue weighted by molar-refractivity contribution is 9.09. The lowest BCUT2D eigenvalue weighted by Crippen LogP contribution is -2.08. The number of ether oxygens (including phenoxy) is 2. The fraction of sp³-hybridized carbons (Fsp3) is 0.286. The summed E-state index contributed by atoms with van der Waals surface area (Å²) in [6.07, 6.45) is 3.47. The number of carbonyl (C=O) groups excluding carboxylic acids is 1. The second-order valence-corrected chi connectivity index (χ2v) is 4.64. The van der Waals surface area contributed by atoms with Crippen LogP contribution < -0.4 is 9.47 Å². The molecular formula is C14H15BrO5. The van der Waals surface area contributed by atoms with Crippen LogP contribution in [0.15, 0.2) is 24.3 Å². The number of rotatable bonds is 7. The number of carboxylic acid groups (broad SMARTS) is 1. The van der Waals surface area contributed by atoms with E-state index in [0.29, 0.717) is 29.9 Å². The van der Waals surface area contributed by atoms with Crippen LogP contribution in [0.1, 0.15) is 18.4 Å². The first-order chi connectivity index (χ1) is 9.56. The lowest BCUT2D eigenvalue weighted by molar-refractivity contribution is -0.134. The van der Waals surface area contributed by atoms with Gasteiger partial charge in [-0.2, -0.15) is 0 Å². The molecule has 0 fully saturated rings. The Morgan fingerprint density at radius 1 is 1.35 bits per heavy atom. The average Bonchev–Trinajstić information content (AvgIpc) is 2.43. The van der Waals surface area contributed by atoms with E-state index in [2.05, 4.69) is 15.9 Å². The molecule has 1 rings (SSSR count). The van der Waals surface area contributed by atoms with Crippen molar-refractivity contribution < 1.29 is 24.2 Å². The van der Waals surface area contributed by atoms with Gasteiger partial charge in [-0.25, -0.2) is 4.79 Å². The predicted octanol–water partition coefficient (Wildman–Crippen LogP) is 2.87. The van der Waals surface area contributed by atoms with E-state index in [0.717, 1.165) is 11.4 Å². The number of methoxy groups -OCH3 is 1. The molecule has 0 saturated carbocycles. The lowest BCUT2D eigenvalue weighted by Gasteiger charge is -2.09. The molecule has 0 bridgehead atoms. The van der Waals surface area contributed by atoms with Crippen LogP contribution in [0.3, 0.4) is 0 Å². The average molecular weight is 343 g/mol. The Morgan fingerprint density at radius 3 is 2.70 bits per heavy atom. The standard InChI is InChI=1S/C14H15BrO5/c1-19-12-9-10(5-7-13(16)17)4-6-11(12)20-14(18)3-2-8-15/h4-7,9H,2-3,8H2,1H3,(H,16,17). The largest absolute Gasteiger partial charge is 0.493 e. The van der Waals surface area contributed by atoms with Crippen molar-refractivity contribution in [3.8, 4) is 11.5 Å². The summed E-state index contributed by atoms with van der Waals surface area (Å²) >= 11 is 3.24. The van der Waals surface area contributed by atoms with Gasteiger partial charge in [0.1, 0.15) is 0 Å². The van der Waals surface area contributed by atoms with Gasteiger partial charge in [-0.3, -0.25) is 4.79 Å². The molecule has 0 saturated heterocycles. The zero-order valence-electron chi connectivity index (χ0n) is 11.0. The zero-order chi connectivity index (χ0) is 15.0. The third kappa shape index (κ3) is 5.44. The van der Waals surface area contributed by atoms with Gasteiger partial charge < -0.3 is 14.6 Å². The number of hydrogen-bond acceptors (Lipinski definition) is 4. The van der Waals surface area contributed by atoms with Gasteiger partial charge in [0.15, 0.2) is 11.5 Å². The second-order valence-electron chi connectivity index (χ2n) is 3.85. The molecule has 0 radical (unpaired) electrons. The number of halogens is 1. The SMILES string of the molecule is COc1cc(C=CC(=O)O)ccc1OC(=O)CCCBr. The van der Waals surface area contributed by atoms with E-state index in [9.17, 15) is 9.59 Å². The Labute approximate surface area is 125 Å². The zero-order valence-corrected chi connectivity index (χ0v) is 12.6. The van der Waals surface area contributed by atoms with Crippen LogP contribution in [0.5, 0.6) is 11.5 Å². The van der Waals surface area contributed by atoms with Crippen molar-refractivity contribution in [3.63, 3.8) is 0 Å². The number of carbonyl (C=O) groups is 2. The van der Waals surface area contributed by atoms with Crippen molar-refractivity contribution in [2.45, 2.75) is 12.8 Å². The first-order valence-electron chi connectivity index (χ1n) is 5.92. The number of hydrogen-bond donors (Lipinski definition) is 1. The minimum absolute atomic E-state index is 0.315. The van der Waals surface area contributed by atoms with E-state index in [1.807, 2.05) is 0 Å². The number of aliphatic carboxylic acids is 1. The van der Waals surface area contributed by atoms with Gasteiger partial charge >= 0.3 is 11.9 Å². The van der Waals surface area contributed by atoms with Crippen LogP contribution in [-0.2, 0) is 9.59 Å². The summed E-state index contributed by atoms with van der Waals surface area (Å²) in [5, 5.41) is 9.30. The summed E-state index contributed by atoms with van der Waals surface area (Å²) in [4.78, 5) is 22.0. The first-order valence-corrected chi connectivity index (χ1v) is 7.04. The summed E-state index contributed by atoms with van der Waals surface area (Å²) < 4.78 is 10.3. The summed E-state index contributed by atoms with van der Waals surface area (Å²) in [7, 11) is 1.45. The lowest BCUT2D eigenvalue weighted by atomic mass is 10.2. The maximum atomic E-state index is 11.5. The topological polar surface area (TPSA) is 72.8 Å². The van der Waals surface area contributed by atoms with Gasteiger partial charge in [-0.05, 0) is 30.2 Å². The molecule has 6 heteroatoms. The molecule has 0 aromatic heterocycles. The van der Waals surface area contributed by atoms with Gasteiger partial charge in [-0.1, -0.05) is 22.0 Å². The maximum Gasteiger partial charge on any atom is 0.328 e. The van der Waals surface area contributed by atoms with Crippen LogP contribution in [-0.4, -0.2) is 29.5 Å². The predicted molar refractivity (Wildman–Crippen MR) is 78.3 cm³/mol. The van der Waals surface area contributed by atoms with Crippen LogP contribution in [0.4, 0.5) is 0 Å². The molecule has 0 atom stereocenters. The molecule has 20 heavy (non-hydrogen) atoms. The third-order valence-corrected chi connectivity index (χ3v) is 2.91. The molecule has 108 valence electrons. The molecule has 0 aliphatic carbocycles. The molecule has 0 amide bonds. The van der Waals surface area contributed by atoms with Crippen LogP contribution in [0.2, 0.25) is 0 Å². The van der Waals surface area contributed by atoms with Crippen molar-refractivity contribution in [1.29, 1.82) is 0 Å². The van der Waals surface area contributed by atoms with Crippen molar-refractivity contribution in [3.05, 3.63) is 29.8 Å². The molecule has 1 aromatic carbocycles. The normalized spacial score (nSPS) is 10.5. The van der Waals surface area contributed by atoms with E-state index in [-0.39, 0.29) is 5.97 Å². The number of carboxylic acids is 1. The van der Waals surface area contributed by atoms with Crippen molar-refractivity contribution in [2.24, 2.45) is 0 Å². The number of benzene rings is 1. The molecule has 0 aliphatic heterocycles. The monoisotopic (exact) mass is 342 g/mol. The third-order valence-electron chi connectivity index (χ3n) is 2.34. The Bertz CT molecular complexity index is 510. The van der Waals surface area contributed by atoms with Crippen LogP contribution in [0.25, 0.3) is 6.08 Å². The highest BCUT2D eigenvalue weighted by atomic mass is 79.9. The Morgan fingerprint density at radius 2 is 2.10 bits per heavy atom. The maximum absolute atomic E-state index is 11.5. The Balaban J connectivity index is 2.82. The molecule has 5 nitrogen and oxygen atoms in total. The minimum Gasteiger partial charge on any atom is -0.493 e. The summed E-state index contributed by atoms with van der Waals surface area (Å²) in [6.45, 7) is 0. The van der Waals surface area contributed by atoms with Crippen molar-refractivity contribution >= 4 is 33.9 Å². The first kappa shape index (κ1) is 16.2. The van der Waals surface area contributed by atoms with Crippen molar-refractivity contribution in [1.82, 2.24) is 0 Å². The molecule has 1 aromatic rings. The highest BCUT2D eigenvalue weighted by Gasteiger charge is 2.10. The molecule has 1 N–H and O–H groups in total. The molecular weight excluding hydrogens is 328 g/mol. The van der Waals surface area contributed by atoms with Gasteiger partial charge in [0.05, 0.1) is 7.11 Å². The van der Waals surface area contributed by atoms with E-state index >= 15 is 0 Å². The molecule has 0 aliphatic rings. The van der Waals surface area contributed by atoms with Crippen LogP contribution >= 0.6 is 15.9 Å². The van der Waals surface area contributed by atoms with Gasteiger partial charge in [-0.15, -0.1) is 0 Å². The van der Waals surface area contributed by atoms with Gasteiger partial charge in [0.25, 0.3) is 0 Å². The summed E-state index contributed by atoms with van der Waals surface area (Å²) in [6, 6.07) is 4.83. The fourth-order valence-electron chi connectivity index (χ4n) is 1.42. The quantitative estimate of drug-likeness (QED) is 0.357. The fourth-order valence-corrected chi connectivity index (χ4v) is 1.70. The second kappa shape index (κ2) is 8.37. The molecule has 0 spiro atoms. The van der Waals surface area contributed by atoms with Crippen LogP contribution in [0, 0.1) is 0 Å². The van der Waals surface area contributed by atoms with E-state index in [1.54, 1.807) is 18.2 Å². The molecule has 0 unspecified atom stereocenters. The van der Waals surface area contributed by atoms with E-state index in [1.165, 1.54) is 13.2 Å². The Kier molecular flexibility index (Phi) is 6.79. The van der Waals surface area contributed by atoms with Gasteiger partial charge in [0, 0.05) is 17.8 Å². The van der Waals surface area contributed by atoms with Gasteiger partial charge in [0.2, 0.25) is 0 Å². The van der Waals surface area contributed by atoms with E-state index < -0.39 is 5.97 Å². The van der Waals surface area contributed by atoms with Crippen molar-refractivity contribution in [2.75, 3.05) is 12.4 Å². The summed E-state index contributed by atoms with van der Waals surface area (Å²) in [5.74, 6) is -0.671. The number of esters is 1. The summed E-state index contributed by atoms with van der Waals surface area (Å²) in [5.41, 5.74) is 0.643. The Hall–Kier alpha value is -1.82.